The second kappa shape index (κ2) is 5.96. The molecule has 2 atom stereocenters. The number of carbonyl (C=O) groups is 1. The van der Waals surface area contributed by atoms with Gasteiger partial charge in [-0.15, -0.1) is 0 Å². The van der Waals surface area contributed by atoms with E-state index in [1.165, 1.54) is 12.1 Å². The van der Waals surface area contributed by atoms with Crippen LogP contribution in [-0.4, -0.2) is 25.0 Å². The predicted octanol–water partition coefficient (Wildman–Crippen LogP) is 1.94. The molecular formula is C14H19FN2O. The molecule has 1 fully saturated rings. The van der Waals surface area contributed by atoms with Gasteiger partial charge in [0, 0.05) is 18.2 Å². The van der Waals surface area contributed by atoms with E-state index in [1.54, 1.807) is 12.1 Å². The van der Waals surface area contributed by atoms with Crippen LogP contribution >= 0.6 is 0 Å². The zero-order valence-corrected chi connectivity index (χ0v) is 10.6. The SMILES string of the molecule is CC1CCC(CNC(=O)c2cccc(F)c2)CN1. The molecule has 0 spiro atoms. The first-order valence-electron chi connectivity index (χ1n) is 6.42. The molecule has 0 saturated carbocycles. The standard InChI is InChI=1S/C14H19FN2O/c1-10-5-6-11(8-16-10)9-17-14(18)12-3-2-4-13(15)7-12/h2-4,7,10-11,16H,5-6,8-9H2,1H3,(H,17,18). The molecular weight excluding hydrogens is 231 g/mol. The Labute approximate surface area is 107 Å². The maximum Gasteiger partial charge on any atom is 0.251 e. The number of hydrogen-bond acceptors (Lipinski definition) is 2. The highest BCUT2D eigenvalue weighted by molar-refractivity contribution is 5.94. The summed E-state index contributed by atoms with van der Waals surface area (Å²) in [5.41, 5.74) is 0.382. The lowest BCUT2D eigenvalue weighted by Crippen LogP contribution is -2.41. The van der Waals surface area contributed by atoms with Gasteiger partial charge in [0.2, 0.25) is 0 Å². The topological polar surface area (TPSA) is 41.1 Å². The van der Waals surface area contributed by atoms with Gasteiger partial charge in [-0.1, -0.05) is 6.07 Å². The number of benzene rings is 1. The molecule has 0 aliphatic carbocycles. The van der Waals surface area contributed by atoms with Crippen LogP contribution in [0, 0.1) is 11.7 Å². The van der Waals surface area contributed by atoms with E-state index in [2.05, 4.69) is 17.6 Å². The fourth-order valence-corrected chi connectivity index (χ4v) is 2.20. The summed E-state index contributed by atoms with van der Waals surface area (Å²) in [6.07, 6.45) is 2.26. The summed E-state index contributed by atoms with van der Waals surface area (Å²) in [5.74, 6) is -0.109. The summed E-state index contributed by atoms with van der Waals surface area (Å²) in [6.45, 7) is 3.75. The molecule has 2 rings (SSSR count). The summed E-state index contributed by atoms with van der Waals surface area (Å²) in [4.78, 5) is 11.8. The maximum absolute atomic E-state index is 13.0. The van der Waals surface area contributed by atoms with E-state index in [0.29, 0.717) is 24.1 Å². The highest BCUT2D eigenvalue weighted by Gasteiger charge is 2.18. The first-order valence-corrected chi connectivity index (χ1v) is 6.42. The molecule has 1 aliphatic rings. The minimum absolute atomic E-state index is 0.201. The summed E-state index contributed by atoms with van der Waals surface area (Å²) in [5, 5.41) is 6.26. The van der Waals surface area contributed by atoms with Crippen LogP contribution < -0.4 is 10.6 Å². The normalized spacial score (nSPS) is 23.7. The van der Waals surface area contributed by atoms with E-state index >= 15 is 0 Å². The molecule has 3 nitrogen and oxygen atoms in total. The Bertz CT molecular complexity index is 414. The lowest BCUT2D eigenvalue weighted by molar-refractivity contribution is 0.0943. The third kappa shape index (κ3) is 3.53. The third-order valence-electron chi connectivity index (χ3n) is 3.40. The Morgan fingerprint density at radius 1 is 1.50 bits per heavy atom. The van der Waals surface area contributed by atoms with Gasteiger partial charge in [-0.2, -0.15) is 0 Å². The van der Waals surface area contributed by atoms with Crippen LogP contribution in [0.3, 0.4) is 0 Å². The summed E-state index contributed by atoms with van der Waals surface area (Å²) in [6, 6.07) is 6.34. The number of amides is 1. The van der Waals surface area contributed by atoms with Gasteiger partial charge in [0.1, 0.15) is 5.82 Å². The number of nitrogens with one attached hydrogen (secondary N) is 2. The molecule has 1 aromatic rings. The van der Waals surface area contributed by atoms with Crippen molar-refractivity contribution < 1.29 is 9.18 Å². The number of rotatable bonds is 3. The van der Waals surface area contributed by atoms with Crippen molar-refractivity contribution in [2.75, 3.05) is 13.1 Å². The molecule has 1 amide bonds. The second-order valence-electron chi connectivity index (χ2n) is 4.97. The van der Waals surface area contributed by atoms with Gasteiger partial charge < -0.3 is 10.6 Å². The average molecular weight is 250 g/mol. The maximum atomic E-state index is 13.0. The lowest BCUT2D eigenvalue weighted by Gasteiger charge is -2.27. The monoisotopic (exact) mass is 250 g/mol. The van der Waals surface area contributed by atoms with Gasteiger partial charge in [-0.05, 0) is 50.4 Å². The number of piperidine rings is 1. The molecule has 2 unspecified atom stereocenters. The smallest absolute Gasteiger partial charge is 0.251 e. The molecule has 1 heterocycles. The highest BCUT2D eigenvalue weighted by Crippen LogP contribution is 2.13. The van der Waals surface area contributed by atoms with Gasteiger partial charge in [-0.25, -0.2) is 4.39 Å². The van der Waals surface area contributed by atoms with Crippen LogP contribution in [0.5, 0.6) is 0 Å². The fraction of sp³-hybridized carbons (Fsp3) is 0.500. The summed E-state index contributed by atoms with van der Waals surface area (Å²) in [7, 11) is 0. The molecule has 1 aliphatic heterocycles. The largest absolute Gasteiger partial charge is 0.352 e. The Morgan fingerprint density at radius 2 is 2.33 bits per heavy atom. The molecule has 4 heteroatoms. The van der Waals surface area contributed by atoms with Crippen LogP contribution in [0.25, 0.3) is 0 Å². The summed E-state index contributed by atoms with van der Waals surface area (Å²) < 4.78 is 13.0. The summed E-state index contributed by atoms with van der Waals surface area (Å²) >= 11 is 0. The number of carbonyl (C=O) groups excluding carboxylic acids is 1. The van der Waals surface area contributed by atoms with Crippen molar-refractivity contribution in [3.8, 4) is 0 Å². The average Bonchev–Trinajstić information content (AvgIpc) is 2.38. The minimum Gasteiger partial charge on any atom is -0.352 e. The zero-order valence-electron chi connectivity index (χ0n) is 10.6. The van der Waals surface area contributed by atoms with E-state index in [-0.39, 0.29) is 11.7 Å². The van der Waals surface area contributed by atoms with Gasteiger partial charge in [0.25, 0.3) is 5.91 Å². The van der Waals surface area contributed by atoms with Gasteiger partial charge in [0.05, 0.1) is 0 Å². The van der Waals surface area contributed by atoms with Gasteiger partial charge in [0.15, 0.2) is 0 Å². The van der Waals surface area contributed by atoms with Gasteiger partial charge >= 0.3 is 0 Å². The van der Waals surface area contributed by atoms with Crippen LogP contribution in [-0.2, 0) is 0 Å². The molecule has 0 radical (unpaired) electrons. The van der Waals surface area contributed by atoms with Crippen LogP contribution in [0.4, 0.5) is 4.39 Å². The Morgan fingerprint density at radius 3 is 3.00 bits per heavy atom. The van der Waals surface area contributed by atoms with Crippen molar-refractivity contribution in [2.24, 2.45) is 5.92 Å². The first-order chi connectivity index (χ1) is 8.65. The molecule has 18 heavy (non-hydrogen) atoms. The van der Waals surface area contributed by atoms with Crippen molar-refractivity contribution in [1.29, 1.82) is 0 Å². The van der Waals surface area contributed by atoms with Crippen molar-refractivity contribution in [2.45, 2.75) is 25.8 Å². The molecule has 0 bridgehead atoms. The van der Waals surface area contributed by atoms with Crippen molar-refractivity contribution >= 4 is 5.91 Å². The zero-order chi connectivity index (χ0) is 13.0. The van der Waals surface area contributed by atoms with E-state index in [9.17, 15) is 9.18 Å². The van der Waals surface area contributed by atoms with Crippen LogP contribution in [0.15, 0.2) is 24.3 Å². The Balaban J connectivity index is 1.81. The Hall–Kier alpha value is -1.42. The predicted molar refractivity (Wildman–Crippen MR) is 68.9 cm³/mol. The molecule has 98 valence electrons. The molecule has 1 saturated heterocycles. The first kappa shape index (κ1) is 13.0. The number of hydrogen-bond donors (Lipinski definition) is 2. The fourth-order valence-electron chi connectivity index (χ4n) is 2.20. The number of halogens is 1. The van der Waals surface area contributed by atoms with E-state index in [1.807, 2.05) is 0 Å². The molecule has 2 N–H and O–H groups in total. The lowest BCUT2D eigenvalue weighted by atomic mass is 9.95. The quantitative estimate of drug-likeness (QED) is 0.861. The van der Waals surface area contributed by atoms with E-state index in [0.717, 1.165) is 19.4 Å². The molecule has 1 aromatic carbocycles. The highest BCUT2D eigenvalue weighted by atomic mass is 19.1. The third-order valence-corrected chi connectivity index (χ3v) is 3.40. The molecule has 0 aromatic heterocycles. The van der Waals surface area contributed by atoms with Crippen LogP contribution in [0.2, 0.25) is 0 Å². The van der Waals surface area contributed by atoms with Crippen molar-refractivity contribution in [1.82, 2.24) is 10.6 Å². The van der Waals surface area contributed by atoms with E-state index in [4.69, 9.17) is 0 Å². The van der Waals surface area contributed by atoms with E-state index < -0.39 is 0 Å². The van der Waals surface area contributed by atoms with Crippen LogP contribution in [0.1, 0.15) is 30.1 Å². The second-order valence-corrected chi connectivity index (χ2v) is 4.97. The van der Waals surface area contributed by atoms with Gasteiger partial charge in [-0.3, -0.25) is 4.79 Å². The minimum atomic E-state index is -0.379. The van der Waals surface area contributed by atoms with Crippen molar-refractivity contribution in [3.63, 3.8) is 0 Å². The van der Waals surface area contributed by atoms with Crippen molar-refractivity contribution in [3.05, 3.63) is 35.6 Å². The Kier molecular flexibility index (Phi) is 4.31.